The Bertz CT molecular complexity index is 334. The first-order valence-electron chi connectivity index (χ1n) is 5.30. The molecule has 1 aromatic rings. The molecule has 0 bridgehead atoms. The molecule has 1 aromatic carbocycles. The van der Waals surface area contributed by atoms with Crippen LogP contribution in [-0.4, -0.2) is 12.5 Å². The first-order valence-corrected chi connectivity index (χ1v) is 5.30. The van der Waals surface area contributed by atoms with E-state index in [-0.39, 0.29) is 6.42 Å². The molecule has 0 amide bonds. The lowest BCUT2D eigenvalue weighted by Crippen LogP contribution is -2.31. The van der Waals surface area contributed by atoms with E-state index in [1.807, 2.05) is 24.3 Å². The Kier molecular flexibility index (Phi) is 3.00. The number of rotatable bonds is 4. The number of hydrogen-bond donors (Lipinski definition) is 1. The Balaban J connectivity index is 2.12. The molecule has 1 unspecified atom stereocenters. The summed E-state index contributed by atoms with van der Waals surface area (Å²) in [5.74, 6) is 0.589. The highest BCUT2D eigenvalue weighted by atomic mass is 19.3. The second kappa shape index (κ2) is 4.27. The second-order valence-corrected chi connectivity index (χ2v) is 4.18. The summed E-state index contributed by atoms with van der Waals surface area (Å²) in [6.45, 7) is 0. The van der Waals surface area contributed by atoms with Gasteiger partial charge >= 0.3 is 0 Å². The minimum Gasteiger partial charge on any atom is -0.323 e. The predicted molar refractivity (Wildman–Crippen MR) is 56.1 cm³/mol. The van der Waals surface area contributed by atoms with E-state index < -0.39 is 12.5 Å². The molecule has 15 heavy (non-hydrogen) atoms. The Labute approximate surface area is 88.3 Å². The van der Waals surface area contributed by atoms with Gasteiger partial charge in [0.2, 0.25) is 0 Å². The van der Waals surface area contributed by atoms with Crippen LogP contribution in [0.2, 0.25) is 0 Å². The van der Waals surface area contributed by atoms with Crippen molar-refractivity contribution in [3.05, 3.63) is 35.4 Å². The summed E-state index contributed by atoms with van der Waals surface area (Å²) in [6.07, 6.45) is 0.212. The summed E-state index contributed by atoms with van der Waals surface area (Å²) < 4.78 is 24.7. The van der Waals surface area contributed by atoms with E-state index in [0.717, 1.165) is 5.56 Å². The van der Waals surface area contributed by atoms with Crippen LogP contribution >= 0.6 is 0 Å². The van der Waals surface area contributed by atoms with Crippen molar-refractivity contribution in [2.45, 2.75) is 37.6 Å². The van der Waals surface area contributed by atoms with Gasteiger partial charge in [0.15, 0.2) is 0 Å². The van der Waals surface area contributed by atoms with E-state index in [1.54, 1.807) is 0 Å². The molecule has 0 heterocycles. The van der Waals surface area contributed by atoms with Gasteiger partial charge in [-0.2, -0.15) is 0 Å². The van der Waals surface area contributed by atoms with Crippen molar-refractivity contribution in [2.75, 3.05) is 0 Å². The molecule has 0 radical (unpaired) electrons. The van der Waals surface area contributed by atoms with Crippen molar-refractivity contribution < 1.29 is 8.78 Å². The molecule has 1 atom stereocenters. The van der Waals surface area contributed by atoms with Crippen molar-refractivity contribution in [3.8, 4) is 0 Å². The van der Waals surface area contributed by atoms with Crippen LogP contribution < -0.4 is 5.73 Å². The number of alkyl halides is 2. The number of benzene rings is 1. The Morgan fingerprint density at radius 2 is 1.93 bits per heavy atom. The molecule has 0 aliphatic heterocycles. The van der Waals surface area contributed by atoms with E-state index >= 15 is 0 Å². The van der Waals surface area contributed by atoms with Crippen LogP contribution in [0.5, 0.6) is 0 Å². The maximum absolute atomic E-state index is 12.3. The van der Waals surface area contributed by atoms with E-state index in [9.17, 15) is 8.78 Å². The minimum absolute atomic E-state index is 0.282. The summed E-state index contributed by atoms with van der Waals surface area (Å²) in [7, 11) is 0. The molecule has 1 aliphatic carbocycles. The highest BCUT2D eigenvalue weighted by molar-refractivity contribution is 5.33. The Hall–Kier alpha value is -0.960. The van der Waals surface area contributed by atoms with Gasteiger partial charge in [0.1, 0.15) is 0 Å². The van der Waals surface area contributed by atoms with Gasteiger partial charge in [-0.1, -0.05) is 24.3 Å². The van der Waals surface area contributed by atoms with E-state index in [2.05, 4.69) is 0 Å². The normalized spacial score (nSPS) is 18.1. The monoisotopic (exact) mass is 211 g/mol. The van der Waals surface area contributed by atoms with Gasteiger partial charge in [-0.15, -0.1) is 0 Å². The highest BCUT2D eigenvalue weighted by Gasteiger charge is 2.27. The average molecular weight is 211 g/mol. The number of hydrogen-bond acceptors (Lipinski definition) is 1. The highest BCUT2D eigenvalue weighted by Crippen LogP contribution is 2.41. The van der Waals surface area contributed by atoms with Crippen molar-refractivity contribution in [1.82, 2.24) is 0 Å². The molecule has 0 saturated heterocycles. The number of nitrogens with two attached hydrogens (primary N) is 1. The molecule has 2 rings (SSSR count). The maximum atomic E-state index is 12.3. The van der Waals surface area contributed by atoms with Crippen LogP contribution in [0.1, 0.15) is 29.9 Å². The Morgan fingerprint density at radius 3 is 2.53 bits per heavy atom. The van der Waals surface area contributed by atoms with Crippen LogP contribution in [0.15, 0.2) is 24.3 Å². The third kappa shape index (κ3) is 2.53. The van der Waals surface area contributed by atoms with Gasteiger partial charge < -0.3 is 5.73 Å². The van der Waals surface area contributed by atoms with Gasteiger partial charge in [0.25, 0.3) is 6.43 Å². The van der Waals surface area contributed by atoms with E-state index in [4.69, 9.17) is 5.73 Å². The van der Waals surface area contributed by atoms with Gasteiger partial charge in [-0.3, -0.25) is 0 Å². The van der Waals surface area contributed by atoms with Gasteiger partial charge in [-0.25, -0.2) is 8.78 Å². The molecular weight excluding hydrogens is 196 g/mol. The molecule has 1 saturated carbocycles. The van der Waals surface area contributed by atoms with E-state index in [0.29, 0.717) is 5.92 Å². The zero-order valence-corrected chi connectivity index (χ0v) is 8.50. The lowest BCUT2D eigenvalue weighted by Gasteiger charge is -2.13. The van der Waals surface area contributed by atoms with Gasteiger partial charge in [0.05, 0.1) is 6.04 Å². The first-order chi connectivity index (χ1) is 7.18. The SMILES string of the molecule is NC(Cc1ccccc1C1CC1)C(F)F. The zero-order chi connectivity index (χ0) is 10.8. The number of halogens is 2. The summed E-state index contributed by atoms with van der Waals surface area (Å²) in [5, 5.41) is 0. The summed E-state index contributed by atoms with van der Waals surface area (Å²) in [5.41, 5.74) is 7.60. The second-order valence-electron chi connectivity index (χ2n) is 4.18. The van der Waals surface area contributed by atoms with Crippen molar-refractivity contribution in [1.29, 1.82) is 0 Å². The zero-order valence-electron chi connectivity index (χ0n) is 8.50. The fourth-order valence-electron chi connectivity index (χ4n) is 1.86. The molecule has 1 fully saturated rings. The minimum atomic E-state index is -2.43. The smallest absolute Gasteiger partial charge is 0.253 e. The molecule has 1 nitrogen and oxygen atoms in total. The summed E-state index contributed by atoms with van der Waals surface area (Å²) in [4.78, 5) is 0. The Morgan fingerprint density at radius 1 is 1.27 bits per heavy atom. The van der Waals surface area contributed by atoms with Crippen molar-refractivity contribution in [2.24, 2.45) is 5.73 Å². The first kappa shape index (κ1) is 10.6. The molecule has 82 valence electrons. The van der Waals surface area contributed by atoms with Crippen molar-refractivity contribution in [3.63, 3.8) is 0 Å². The molecular formula is C12H15F2N. The van der Waals surface area contributed by atoms with Crippen LogP contribution in [0.3, 0.4) is 0 Å². The van der Waals surface area contributed by atoms with Crippen LogP contribution in [0.4, 0.5) is 8.78 Å². The van der Waals surface area contributed by atoms with E-state index in [1.165, 1.54) is 18.4 Å². The lowest BCUT2D eigenvalue weighted by atomic mass is 9.98. The third-order valence-electron chi connectivity index (χ3n) is 2.85. The fraction of sp³-hybridized carbons (Fsp3) is 0.500. The van der Waals surface area contributed by atoms with Crippen LogP contribution in [-0.2, 0) is 6.42 Å². The molecule has 0 spiro atoms. The largest absolute Gasteiger partial charge is 0.323 e. The average Bonchev–Trinajstić information content (AvgIpc) is 3.02. The maximum Gasteiger partial charge on any atom is 0.253 e. The molecule has 2 N–H and O–H groups in total. The summed E-state index contributed by atoms with van der Waals surface area (Å²) >= 11 is 0. The van der Waals surface area contributed by atoms with Crippen LogP contribution in [0, 0.1) is 0 Å². The van der Waals surface area contributed by atoms with Gasteiger partial charge in [0, 0.05) is 0 Å². The third-order valence-corrected chi connectivity index (χ3v) is 2.85. The standard InChI is InChI=1S/C12H15F2N/c13-12(14)11(15)7-9-3-1-2-4-10(9)8-5-6-8/h1-4,8,11-12H,5-7,15H2. The van der Waals surface area contributed by atoms with Crippen LogP contribution in [0.25, 0.3) is 0 Å². The molecule has 3 heteroatoms. The quantitative estimate of drug-likeness (QED) is 0.814. The predicted octanol–water partition coefficient (Wildman–Crippen LogP) is 2.70. The fourth-order valence-corrected chi connectivity index (χ4v) is 1.86. The molecule has 1 aliphatic rings. The summed E-state index contributed by atoms with van der Waals surface area (Å²) in [6, 6.07) is 6.76. The topological polar surface area (TPSA) is 26.0 Å². The molecule has 0 aromatic heterocycles. The van der Waals surface area contributed by atoms with Crippen molar-refractivity contribution >= 4 is 0 Å². The van der Waals surface area contributed by atoms with Gasteiger partial charge in [-0.05, 0) is 36.3 Å². The lowest BCUT2D eigenvalue weighted by molar-refractivity contribution is 0.116.